The fourth-order valence-electron chi connectivity index (χ4n) is 4.31. The zero-order valence-corrected chi connectivity index (χ0v) is 21.4. The van der Waals surface area contributed by atoms with Gasteiger partial charge in [-0.25, -0.2) is 9.97 Å². The Morgan fingerprint density at radius 1 is 1.22 bits per heavy atom. The molecule has 0 radical (unpaired) electrons. The van der Waals surface area contributed by atoms with E-state index in [1.54, 1.807) is 12.4 Å². The first-order valence-corrected chi connectivity index (χ1v) is 12.4. The minimum atomic E-state index is -0.209. The van der Waals surface area contributed by atoms with Crippen molar-refractivity contribution in [3.8, 4) is 11.4 Å². The molecule has 1 unspecified atom stereocenters. The van der Waals surface area contributed by atoms with Crippen LogP contribution >= 0.6 is 0 Å². The van der Waals surface area contributed by atoms with Gasteiger partial charge in [0.05, 0.1) is 11.4 Å². The summed E-state index contributed by atoms with van der Waals surface area (Å²) in [6, 6.07) is 9.29. The minimum absolute atomic E-state index is 0.00758. The summed E-state index contributed by atoms with van der Waals surface area (Å²) in [6.45, 7) is 8.23. The van der Waals surface area contributed by atoms with E-state index >= 15 is 0 Å². The van der Waals surface area contributed by atoms with E-state index in [0.29, 0.717) is 17.4 Å². The van der Waals surface area contributed by atoms with Gasteiger partial charge in [-0.2, -0.15) is 0 Å². The highest BCUT2D eigenvalue weighted by Gasteiger charge is 2.21. The molecule has 36 heavy (non-hydrogen) atoms. The van der Waals surface area contributed by atoms with Crippen molar-refractivity contribution in [3.05, 3.63) is 71.6 Å². The number of pyridine rings is 1. The highest BCUT2D eigenvalue weighted by Crippen LogP contribution is 2.20. The molecule has 1 aliphatic heterocycles. The van der Waals surface area contributed by atoms with Gasteiger partial charge in [0.2, 0.25) is 0 Å². The number of H-pyrrole nitrogens is 1. The van der Waals surface area contributed by atoms with Gasteiger partial charge in [0.15, 0.2) is 5.82 Å². The van der Waals surface area contributed by atoms with Crippen LogP contribution in [0.1, 0.15) is 60.3 Å². The van der Waals surface area contributed by atoms with Crippen LogP contribution in [0.25, 0.3) is 17.5 Å². The first kappa shape index (κ1) is 25.4. The van der Waals surface area contributed by atoms with E-state index in [1.165, 1.54) is 0 Å². The van der Waals surface area contributed by atoms with Crippen molar-refractivity contribution < 1.29 is 9.53 Å². The fraction of sp³-hybridized carbons (Fsp3) is 0.393. The minimum Gasteiger partial charge on any atom is -0.381 e. The van der Waals surface area contributed by atoms with E-state index in [-0.39, 0.29) is 11.9 Å². The van der Waals surface area contributed by atoms with Crippen molar-refractivity contribution in [3.63, 3.8) is 0 Å². The van der Waals surface area contributed by atoms with E-state index in [9.17, 15) is 4.79 Å². The number of allylic oxidation sites excluding steroid dienone is 1. The van der Waals surface area contributed by atoms with Crippen LogP contribution < -0.4 is 0 Å². The van der Waals surface area contributed by atoms with Gasteiger partial charge in [-0.3, -0.25) is 14.8 Å². The number of amides is 1. The van der Waals surface area contributed by atoms with Gasteiger partial charge in [0.25, 0.3) is 5.91 Å². The first-order valence-electron chi connectivity index (χ1n) is 12.4. The van der Waals surface area contributed by atoms with Crippen molar-refractivity contribution >= 4 is 17.7 Å². The van der Waals surface area contributed by atoms with E-state index in [4.69, 9.17) is 9.73 Å². The van der Waals surface area contributed by atoms with Crippen LogP contribution in [-0.2, 0) is 4.74 Å². The first-order chi connectivity index (χ1) is 17.4. The van der Waals surface area contributed by atoms with Gasteiger partial charge in [-0.15, -0.1) is 0 Å². The zero-order valence-electron chi connectivity index (χ0n) is 21.4. The molecule has 188 valence electrons. The summed E-state index contributed by atoms with van der Waals surface area (Å²) >= 11 is 0. The van der Waals surface area contributed by atoms with E-state index < -0.39 is 0 Å². The number of hydrogen-bond acceptors (Lipinski definition) is 6. The number of nitrogens with zero attached hydrogens (tertiary/aromatic N) is 5. The Bertz CT molecular complexity index is 1230. The number of hydrogen-bond donors (Lipinski definition) is 1. The molecular weight excluding hydrogens is 452 g/mol. The van der Waals surface area contributed by atoms with Gasteiger partial charge >= 0.3 is 0 Å². The molecule has 1 saturated heterocycles. The maximum Gasteiger partial charge on any atom is 0.270 e. The third-order valence-electron chi connectivity index (χ3n) is 6.37. The molecule has 4 heterocycles. The van der Waals surface area contributed by atoms with Crippen molar-refractivity contribution in [2.24, 2.45) is 10.9 Å². The lowest BCUT2D eigenvalue weighted by molar-refractivity contribution is 0.0495. The number of ether oxygens (including phenoxy) is 1. The second-order valence-corrected chi connectivity index (χ2v) is 9.32. The number of aromatic nitrogens is 4. The lowest BCUT2D eigenvalue weighted by Gasteiger charge is -2.26. The normalized spacial score (nSPS) is 15.8. The van der Waals surface area contributed by atoms with Crippen LogP contribution in [0.4, 0.5) is 0 Å². The van der Waals surface area contributed by atoms with Crippen molar-refractivity contribution in [1.82, 2.24) is 24.8 Å². The molecule has 4 rings (SSSR count). The number of carbonyl (C=O) groups excluding carboxylic acids is 1. The molecule has 3 aromatic rings. The molecule has 3 aromatic heterocycles. The summed E-state index contributed by atoms with van der Waals surface area (Å²) in [5.74, 6) is 1.15. The molecule has 1 atom stereocenters. The van der Waals surface area contributed by atoms with Crippen LogP contribution in [0, 0.1) is 12.8 Å². The molecule has 1 fully saturated rings. The topological polar surface area (TPSA) is 96.4 Å². The lowest BCUT2D eigenvalue weighted by atomic mass is 10.00. The molecule has 8 heteroatoms. The average molecular weight is 487 g/mol. The van der Waals surface area contributed by atoms with Gasteiger partial charge < -0.3 is 14.6 Å². The number of aliphatic imine (C=N–C) groups is 1. The summed E-state index contributed by atoms with van der Waals surface area (Å²) in [7, 11) is 1.87. The number of rotatable bonds is 8. The predicted octanol–water partition coefficient (Wildman–Crippen LogP) is 4.91. The predicted molar refractivity (Wildman–Crippen MR) is 142 cm³/mol. The van der Waals surface area contributed by atoms with Crippen LogP contribution in [0.15, 0.2) is 53.8 Å². The Kier molecular flexibility index (Phi) is 8.38. The third-order valence-corrected chi connectivity index (χ3v) is 6.37. The molecule has 0 aromatic carbocycles. The Hall–Kier alpha value is -3.65. The molecular formula is C28H34N6O2. The third kappa shape index (κ3) is 6.51. The number of nitrogens with one attached hydrogen (secondary N) is 1. The Morgan fingerprint density at radius 3 is 2.78 bits per heavy atom. The van der Waals surface area contributed by atoms with Gasteiger partial charge in [0.1, 0.15) is 11.7 Å². The SMILES string of the molecule is CC(/C=C\c1[nH]c(C(=O)N(C)CC2CCOCC2)cc1C)=NC(C)c1nccc(-c2ccccn2)n1. The molecule has 0 spiro atoms. The summed E-state index contributed by atoms with van der Waals surface area (Å²) in [5.41, 5.74) is 4.93. The number of aryl methyl sites for hydroxylation is 1. The molecule has 0 saturated carbocycles. The molecule has 0 bridgehead atoms. The molecule has 1 amide bonds. The summed E-state index contributed by atoms with van der Waals surface area (Å²) in [4.78, 5) is 36.2. The fourth-order valence-corrected chi connectivity index (χ4v) is 4.31. The van der Waals surface area contributed by atoms with Crippen LogP contribution in [0.5, 0.6) is 0 Å². The van der Waals surface area contributed by atoms with Crippen molar-refractivity contribution in [1.29, 1.82) is 0 Å². The smallest absolute Gasteiger partial charge is 0.270 e. The average Bonchev–Trinajstić information content (AvgIpc) is 3.28. The maximum absolute atomic E-state index is 13.0. The Morgan fingerprint density at radius 2 is 2.03 bits per heavy atom. The van der Waals surface area contributed by atoms with Crippen LogP contribution in [-0.4, -0.2) is 63.3 Å². The lowest BCUT2D eigenvalue weighted by Crippen LogP contribution is -2.34. The second kappa shape index (κ2) is 11.9. The summed E-state index contributed by atoms with van der Waals surface area (Å²) < 4.78 is 5.43. The standard InChI is InChI=1S/C28H34N6O2/c1-19-17-26(28(35)34(4)18-22-11-15-36-16-12-22)32-23(19)9-8-20(2)31-21(3)27-30-14-10-25(33-27)24-7-5-6-13-29-24/h5-10,13-14,17,21-22,32H,11-12,15-16,18H2,1-4H3/b9-8-,31-20?. The monoisotopic (exact) mass is 486 g/mol. The summed E-state index contributed by atoms with van der Waals surface area (Å²) in [5, 5.41) is 0. The highest BCUT2D eigenvalue weighted by atomic mass is 16.5. The van der Waals surface area contributed by atoms with Gasteiger partial charge in [-0.05, 0) is 81.5 Å². The molecule has 8 nitrogen and oxygen atoms in total. The highest BCUT2D eigenvalue weighted by molar-refractivity contribution is 5.97. The van der Waals surface area contributed by atoms with Gasteiger partial charge in [0, 0.05) is 50.6 Å². The van der Waals surface area contributed by atoms with E-state index in [1.807, 2.05) is 75.2 Å². The maximum atomic E-state index is 13.0. The van der Waals surface area contributed by atoms with Crippen LogP contribution in [0.3, 0.4) is 0 Å². The van der Waals surface area contributed by atoms with E-state index in [0.717, 1.165) is 61.0 Å². The molecule has 0 aliphatic carbocycles. The molecule has 1 N–H and O–H groups in total. The van der Waals surface area contributed by atoms with Gasteiger partial charge in [-0.1, -0.05) is 6.07 Å². The number of carbonyl (C=O) groups is 1. The van der Waals surface area contributed by atoms with Crippen LogP contribution in [0.2, 0.25) is 0 Å². The Balaban J connectivity index is 1.41. The summed E-state index contributed by atoms with van der Waals surface area (Å²) in [6.07, 6.45) is 9.40. The number of aromatic amines is 1. The Labute approximate surface area is 212 Å². The van der Waals surface area contributed by atoms with Crippen molar-refractivity contribution in [2.75, 3.05) is 26.8 Å². The second-order valence-electron chi connectivity index (χ2n) is 9.32. The zero-order chi connectivity index (χ0) is 25.5. The molecule has 1 aliphatic rings. The quantitative estimate of drug-likeness (QED) is 0.457. The largest absolute Gasteiger partial charge is 0.381 e. The van der Waals surface area contributed by atoms with E-state index in [2.05, 4.69) is 19.9 Å². The van der Waals surface area contributed by atoms with Crippen molar-refractivity contribution in [2.45, 2.75) is 39.7 Å².